The molecule has 0 spiro atoms. The molecule has 20 heavy (non-hydrogen) atoms. The van der Waals surface area contributed by atoms with Crippen LogP contribution in [0.1, 0.15) is 15.2 Å². The zero-order valence-electron chi connectivity index (χ0n) is 11.2. The van der Waals surface area contributed by atoms with Gasteiger partial charge in [0.05, 0.1) is 16.9 Å². The number of nitrogens with zero attached hydrogens (tertiary/aromatic N) is 2. The Morgan fingerprint density at radius 2 is 2.45 bits per heavy atom. The van der Waals surface area contributed by atoms with Crippen molar-refractivity contribution in [2.45, 2.75) is 6.54 Å². The average molecular weight is 291 g/mol. The molecule has 0 aliphatic heterocycles. The first-order valence-corrected chi connectivity index (χ1v) is 6.91. The highest BCUT2D eigenvalue weighted by molar-refractivity contribution is 7.18. The molecular formula is C13H17N5OS. The van der Waals surface area contributed by atoms with Gasteiger partial charge in [-0.05, 0) is 6.07 Å². The van der Waals surface area contributed by atoms with Gasteiger partial charge in [-0.25, -0.2) is 0 Å². The summed E-state index contributed by atoms with van der Waals surface area (Å²) in [6, 6.07) is 1.77. The van der Waals surface area contributed by atoms with E-state index in [1.54, 1.807) is 23.0 Å². The molecule has 0 atom stereocenters. The molecule has 1 amide bonds. The molecule has 2 aromatic rings. The molecule has 4 N–H and O–H groups in total. The number of carbonyl (C=O) groups excluding carboxylic acids is 1. The van der Waals surface area contributed by atoms with Gasteiger partial charge >= 0.3 is 0 Å². The molecule has 0 aliphatic rings. The van der Waals surface area contributed by atoms with E-state index in [0.717, 1.165) is 10.6 Å². The van der Waals surface area contributed by atoms with E-state index in [1.165, 1.54) is 11.3 Å². The summed E-state index contributed by atoms with van der Waals surface area (Å²) in [4.78, 5) is 12.4. The van der Waals surface area contributed by atoms with Crippen LogP contribution in [0.3, 0.4) is 0 Å². The third-order valence-corrected chi connectivity index (χ3v) is 3.71. The Morgan fingerprint density at radius 1 is 1.65 bits per heavy atom. The summed E-state index contributed by atoms with van der Waals surface area (Å²) in [6.07, 6.45) is 5.35. The van der Waals surface area contributed by atoms with Crippen LogP contribution >= 0.6 is 11.3 Å². The Bertz CT molecular complexity index is 616. The summed E-state index contributed by atoms with van der Waals surface area (Å²) in [6.45, 7) is 4.62. The molecule has 2 rings (SSSR count). The number of hydrogen-bond donors (Lipinski definition) is 3. The molecule has 7 heteroatoms. The number of hydrogen-bond acceptors (Lipinski definition) is 5. The number of nitrogens with two attached hydrogens (primary N) is 1. The number of nitrogens with one attached hydrogen (secondary N) is 2. The Kier molecular flexibility index (Phi) is 4.41. The summed E-state index contributed by atoms with van der Waals surface area (Å²) in [5.41, 5.74) is 7.40. The number of aromatic nitrogens is 2. The molecule has 0 unspecified atom stereocenters. The van der Waals surface area contributed by atoms with Gasteiger partial charge < -0.3 is 16.4 Å². The largest absolute Gasteiger partial charge is 0.397 e. The maximum absolute atomic E-state index is 11.8. The molecule has 0 radical (unpaired) electrons. The van der Waals surface area contributed by atoms with Crippen molar-refractivity contribution in [2.75, 3.05) is 17.6 Å². The zero-order valence-corrected chi connectivity index (χ0v) is 12.0. The first kappa shape index (κ1) is 14.1. The van der Waals surface area contributed by atoms with Crippen molar-refractivity contribution in [1.82, 2.24) is 15.1 Å². The van der Waals surface area contributed by atoms with Crippen LogP contribution in [0.4, 0.5) is 10.7 Å². The van der Waals surface area contributed by atoms with Gasteiger partial charge in [0, 0.05) is 31.9 Å². The van der Waals surface area contributed by atoms with E-state index in [0.29, 0.717) is 23.7 Å². The van der Waals surface area contributed by atoms with Crippen molar-refractivity contribution >= 4 is 27.9 Å². The van der Waals surface area contributed by atoms with E-state index >= 15 is 0 Å². The first-order valence-electron chi connectivity index (χ1n) is 6.10. The number of carbonyl (C=O) groups is 1. The molecule has 2 heterocycles. The van der Waals surface area contributed by atoms with Gasteiger partial charge in [0.2, 0.25) is 0 Å². The average Bonchev–Trinajstić information content (AvgIpc) is 2.99. The second-order valence-electron chi connectivity index (χ2n) is 4.27. The lowest BCUT2D eigenvalue weighted by Gasteiger charge is -2.00. The number of rotatable bonds is 6. The molecule has 0 aromatic carbocycles. The van der Waals surface area contributed by atoms with Gasteiger partial charge in [-0.15, -0.1) is 17.9 Å². The van der Waals surface area contributed by atoms with Crippen molar-refractivity contribution in [1.29, 1.82) is 0 Å². The van der Waals surface area contributed by atoms with Gasteiger partial charge in [-0.1, -0.05) is 6.08 Å². The van der Waals surface area contributed by atoms with E-state index in [1.807, 2.05) is 13.2 Å². The van der Waals surface area contributed by atoms with Gasteiger partial charge in [0.15, 0.2) is 0 Å². The number of amides is 1. The predicted octanol–water partition coefficient (Wildman–Crippen LogP) is 1.59. The topological polar surface area (TPSA) is 85.0 Å². The maximum Gasteiger partial charge on any atom is 0.263 e. The fraction of sp³-hybridized carbons (Fsp3) is 0.231. The SMILES string of the molecule is C=CCNC(=O)c1sc(NCc2cnn(C)c2)cc1N. The van der Waals surface area contributed by atoms with Gasteiger partial charge in [-0.2, -0.15) is 5.10 Å². The van der Waals surface area contributed by atoms with Crippen LogP contribution in [0, 0.1) is 0 Å². The Morgan fingerprint density at radius 3 is 3.10 bits per heavy atom. The minimum absolute atomic E-state index is 0.179. The summed E-state index contributed by atoms with van der Waals surface area (Å²) in [5, 5.41) is 10.9. The van der Waals surface area contributed by atoms with E-state index in [2.05, 4.69) is 22.3 Å². The van der Waals surface area contributed by atoms with Crippen LogP contribution < -0.4 is 16.4 Å². The summed E-state index contributed by atoms with van der Waals surface area (Å²) in [7, 11) is 1.87. The number of aryl methyl sites for hydroxylation is 1. The highest BCUT2D eigenvalue weighted by Crippen LogP contribution is 2.29. The second-order valence-corrected chi connectivity index (χ2v) is 5.32. The molecule has 0 fully saturated rings. The highest BCUT2D eigenvalue weighted by atomic mass is 32.1. The van der Waals surface area contributed by atoms with Crippen molar-refractivity contribution in [3.63, 3.8) is 0 Å². The molecule has 0 aliphatic carbocycles. The number of thiophene rings is 1. The first-order chi connectivity index (χ1) is 9.60. The fourth-order valence-corrected chi connectivity index (χ4v) is 2.56. The smallest absolute Gasteiger partial charge is 0.263 e. The molecular weight excluding hydrogens is 274 g/mol. The van der Waals surface area contributed by atoms with Crippen LogP contribution in [0.5, 0.6) is 0 Å². The lowest BCUT2D eigenvalue weighted by molar-refractivity contribution is 0.0963. The zero-order chi connectivity index (χ0) is 14.5. The molecule has 106 valence electrons. The van der Waals surface area contributed by atoms with Crippen LogP contribution in [0.2, 0.25) is 0 Å². The van der Waals surface area contributed by atoms with E-state index in [9.17, 15) is 4.79 Å². The third kappa shape index (κ3) is 3.39. The van der Waals surface area contributed by atoms with Crippen LogP contribution in [0.25, 0.3) is 0 Å². The second kappa shape index (κ2) is 6.25. The molecule has 6 nitrogen and oxygen atoms in total. The van der Waals surface area contributed by atoms with Crippen LogP contribution in [-0.4, -0.2) is 22.2 Å². The minimum Gasteiger partial charge on any atom is -0.397 e. The van der Waals surface area contributed by atoms with Crippen LogP contribution in [0.15, 0.2) is 31.1 Å². The van der Waals surface area contributed by atoms with E-state index in [-0.39, 0.29) is 5.91 Å². The number of anilines is 2. The predicted molar refractivity (Wildman–Crippen MR) is 81.8 cm³/mol. The lowest BCUT2D eigenvalue weighted by atomic mass is 10.3. The van der Waals surface area contributed by atoms with Gasteiger partial charge in [-0.3, -0.25) is 9.48 Å². The van der Waals surface area contributed by atoms with Crippen molar-refractivity contribution in [3.8, 4) is 0 Å². The van der Waals surface area contributed by atoms with Crippen molar-refractivity contribution in [2.24, 2.45) is 7.05 Å². The summed E-state index contributed by atoms with van der Waals surface area (Å²) >= 11 is 1.33. The standard InChI is InChI=1S/C13H17N5OS/c1-3-4-15-13(19)12-10(14)5-11(20-12)16-6-9-7-17-18(2)8-9/h3,5,7-8,16H,1,4,6,14H2,2H3,(H,15,19). The van der Waals surface area contributed by atoms with Crippen molar-refractivity contribution < 1.29 is 4.79 Å². The Balaban J connectivity index is 1.99. The lowest BCUT2D eigenvalue weighted by Crippen LogP contribution is -2.22. The normalized spacial score (nSPS) is 10.2. The highest BCUT2D eigenvalue weighted by Gasteiger charge is 2.13. The van der Waals surface area contributed by atoms with Gasteiger partial charge in [0.1, 0.15) is 4.88 Å². The molecule has 0 saturated carbocycles. The van der Waals surface area contributed by atoms with E-state index < -0.39 is 0 Å². The quantitative estimate of drug-likeness (QED) is 0.706. The Labute approximate surface area is 121 Å². The fourth-order valence-electron chi connectivity index (χ4n) is 1.67. The van der Waals surface area contributed by atoms with Crippen LogP contribution in [-0.2, 0) is 13.6 Å². The Hall–Kier alpha value is -2.28. The monoisotopic (exact) mass is 291 g/mol. The molecule has 2 aromatic heterocycles. The minimum atomic E-state index is -0.179. The summed E-state index contributed by atoms with van der Waals surface area (Å²) in [5.74, 6) is -0.179. The van der Waals surface area contributed by atoms with Gasteiger partial charge in [0.25, 0.3) is 5.91 Å². The van der Waals surface area contributed by atoms with E-state index in [4.69, 9.17) is 5.73 Å². The third-order valence-electron chi connectivity index (χ3n) is 2.60. The molecule has 0 saturated heterocycles. The number of nitrogen functional groups attached to an aromatic ring is 1. The van der Waals surface area contributed by atoms with Crippen molar-refractivity contribution in [3.05, 3.63) is 41.6 Å². The summed E-state index contributed by atoms with van der Waals surface area (Å²) < 4.78 is 1.74. The molecule has 0 bridgehead atoms. The maximum atomic E-state index is 11.8.